The lowest BCUT2D eigenvalue weighted by molar-refractivity contribution is -0.138. The zero-order valence-corrected chi connectivity index (χ0v) is 21.5. The van der Waals surface area contributed by atoms with Crippen molar-refractivity contribution in [1.82, 2.24) is 9.47 Å². The number of nitrogens with zero attached hydrogens (tertiary/aromatic N) is 2. The highest BCUT2D eigenvalue weighted by Gasteiger charge is 2.26. The van der Waals surface area contributed by atoms with Crippen LogP contribution >= 0.6 is 11.3 Å². The third-order valence-electron chi connectivity index (χ3n) is 5.88. The molecule has 0 spiro atoms. The van der Waals surface area contributed by atoms with Crippen LogP contribution in [0.15, 0.2) is 36.4 Å². The number of aryl methyl sites for hydroxylation is 2. The molecule has 0 radical (unpaired) electrons. The number of benzene rings is 1. The van der Waals surface area contributed by atoms with Crippen molar-refractivity contribution >= 4 is 17.3 Å². The van der Waals surface area contributed by atoms with E-state index in [0.717, 1.165) is 29.0 Å². The average molecular weight is 503 g/mol. The monoisotopic (exact) mass is 502 g/mol. The molecular formula is C26H34N2O6S. The minimum atomic E-state index is -0.819. The molecule has 190 valence electrons. The maximum Gasteiger partial charge on any atom is 0.305 e. The van der Waals surface area contributed by atoms with Crippen molar-refractivity contribution < 1.29 is 29.6 Å². The summed E-state index contributed by atoms with van der Waals surface area (Å²) in [5.41, 5.74) is 2.06. The molecule has 1 unspecified atom stereocenters. The maximum atomic E-state index is 11.7. The van der Waals surface area contributed by atoms with Crippen molar-refractivity contribution in [3.63, 3.8) is 0 Å². The fourth-order valence-electron chi connectivity index (χ4n) is 4.30. The molecule has 0 amide bonds. The molecule has 0 fully saturated rings. The minimum Gasteiger partial charge on any atom is -0.494 e. The van der Waals surface area contributed by atoms with Crippen LogP contribution in [0.5, 0.6) is 23.3 Å². The predicted octanol–water partition coefficient (Wildman–Crippen LogP) is 5.09. The third-order valence-corrected chi connectivity index (χ3v) is 6.86. The number of aromatic nitrogens is 1. The Bertz CT molecular complexity index is 1120. The minimum absolute atomic E-state index is 0.0311. The van der Waals surface area contributed by atoms with Crippen LogP contribution in [0.25, 0.3) is 0 Å². The molecule has 0 saturated carbocycles. The van der Waals surface area contributed by atoms with Crippen molar-refractivity contribution in [1.29, 1.82) is 0 Å². The van der Waals surface area contributed by atoms with Gasteiger partial charge in [-0.1, -0.05) is 13.0 Å². The third kappa shape index (κ3) is 6.70. The van der Waals surface area contributed by atoms with Crippen LogP contribution < -0.4 is 9.47 Å². The molecule has 0 aliphatic carbocycles. The first-order valence-corrected chi connectivity index (χ1v) is 12.4. The van der Waals surface area contributed by atoms with Crippen LogP contribution in [0.4, 0.5) is 0 Å². The molecule has 1 atom stereocenters. The number of carbonyl (C=O) groups is 1. The molecule has 0 saturated heterocycles. The largest absolute Gasteiger partial charge is 0.494 e. The van der Waals surface area contributed by atoms with E-state index in [1.54, 1.807) is 18.4 Å². The molecule has 9 heteroatoms. The van der Waals surface area contributed by atoms with Crippen molar-refractivity contribution in [2.24, 2.45) is 0 Å². The Kier molecular flexibility index (Phi) is 9.06. The molecule has 2 heterocycles. The second kappa shape index (κ2) is 12.0. The summed E-state index contributed by atoms with van der Waals surface area (Å²) < 4.78 is 12.7. The number of carboxylic acids is 1. The van der Waals surface area contributed by atoms with Crippen molar-refractivity contribution in [3.05, 3.63) is 57.3 Å². The van der Waals surface area contributed by atoms with Gasteiger partial charge in [0.15, 0.2) is 23.3 Å². The van der Waals surface area contributed by atoms with Crippen molar-refractivity contribution in [3.8, 4) is 23.3 Å². The van der Waals surface area contributed by atoms with Gasteiger partial charge in [0.25, 0.3) is 0 Å². The van der Waals surface area contributed by atoms with Crippen LogP contribution in [0, 0.1) is 13.8 Å². The molecule has 2 aromatic heterocycles. The SMILES string of the molecule is CCCN(Cc1ccc(OCCn2c(O)ccc2O)c(OC)c1)C(CC(=O)O)c1cc(C)sc1C. The summed E-state index contributed by atoms with van der Waals surface area (Å²) in [5, 5.41) is 29.2. The number of methoxy groups -OCH3 is 1. The number of thiophene rings is 1. The number of aromatic hydroxyl groups is 2. The molecular weight excluding hydrogens is 468 g/mol. The summed E-state index contributed by atoms with van der Waals surface area (Å²) in [7, 11) is 1.57. The first-order chi connectivity index (χ1) is 16.7. The molecule has 3 N–H and O–H groups in total. The van der Waals surface area contributed by atoms with E-state index in [4.69, 9.17) is 9.47 Å². The fourth-order valence-corrected chi connectivity index (χ4v) is 5.28. The number of aliphatic carboxylic acids is 1. The molecule has 35 heavy (non-hydrogen) atoms. The second-order valence-corrected chi connectivity index (χ2v) is 9.95. The molecule has 1 aromatic carbocycles. The summed E-state index contributed by atoms with van der Waals surface area (Å²) in [5.74, 6) is 0.237. The first-order valence-electron chi connectivity index (χ1n) is 11.6. The summed E-state index contributed by atoms with van der Waals surface area (Å²) in [6.07, 6.45) is 0.935. The van der Waals surface area contributed by atoms with Gasteiger partial charge in [-0.15, -0.1) is 11.3 Å². The van der Waals surface area contributed by atoms with Crippen LogP contribution in [-0.2, 0) is 17.9 Å². The summed E-state index contributed by atoms with van der Waals surface area (Å²) in [6, 6.07) is 10.4. The van der Waals surface area contributed by atoms with E-state index < -0.39 is 5.97 Å². The Morgan fingerprint density at radius 1 is 1.11 bits per heavy atom. The predicted molar refractivity (Wildman–Crippen MR) is 136 cm³/mol. The fraction of sp³-hybridized carbons (Fsp3) is 0.423. The highest BCUT2D eigenvalue weighted by Crippen LogP contribution is 2.35. The quantitative estimate of drug-likeness (QED) is 0.299. The Morgan fingerprint density at radius 2 is 1.83 bits per heavy atom. The normalized spacial score (nSPS) is 12.1. The van der Waals surface area contributed by atoms with Gasteiger partial charge in [-0.25, -0.2) is 0 Å². The first kappa shape index (κ1) is 26.4. The van der Waals surface area contributed by atoms with E-state index in [0.29, 0.717) is 18.0 Å². The number of hydrogen-bond donors (Lipinski definition) is 3. The van der Waals surface area contributed by atoms with Gasteiger partial charge in [0.1, 0.15) is 6.61 Å². The Balaban J connectivity index is 1.77. The van der Waals surface area contributed by atoms with Crippen LogP contribution in [0.2, 0.25) is 0 Å². The lowest BCUT2D eigenvalue weighted by Crippen LogP contribution is -2.31. The number of hydrogen-bond acceptors (Lipinski definition) is 7. The summed E-state index contributed by atoms with van der Waals surface area (Å²) >= 11 is 1.69. The van der Waals surface area contributed by atoms with Gasteiger partial charge in [-0.3, -0.25) is 14.3 Å². The van der Waals surface area contributed by atoms with E-state index in [2.05, 4.69) is 17.9 Å². The van der Waals surface area contributed by atoms with Crippen LogP contribution in [-0.4, -0.2) is 51.0 Å². The molecule has 3 rings (SSSR count). The molecule has 0 aliphatic rings. The summed E-state index contributed by atoms with van der Waals surface area (Å²) in [4.78, 5) is 16.3. The van der Waals surface area contributed by atoms with Gasteiger partial charge in [-0.05, 0) is 56.1 Å². The molecule has 3 aromatic rings. The van der Waals surface area contributed by atoms with Crippen LogP contribution in [0.1, 0.15) is 46.7 Å². The molecule has 0 aliphatic heterocycles. The topological polar surface area (TPSA) is 104 Å². The second-order valence-electron chi connectivity index (χ2n) is 8.49. The number of ether oxygens (including phenoxy) is 2. The van der Waals surface area contributed by atoms with Gasteiger partial charge in [0.05, 0.1) is 20.1 Å². The van der Waals surface area contributed by atoms with E-state index in [1.165, 1.54) is 21.6 Å². The van der Waals surface area contributed by atoms with Gasteiger partial charge in [0, 0.05) is 34.5 Å². The highest BCUT2D eigenvalue weighted by atomic mass is 32.1. The van der Waals surface area contributed by atoms with Gasteiger partial charge in [-0.2, -0.15) is 0 Å². The number of carboxylic acid groups (broad SMARTS) is 1. The Hall–Kier alpha value is -3.17. The van der Waals surface area contributed by atoms with E-state index in [-0.39, 0.29) is 37.4 Å². The summed E-state index contributed by atoms with van der Waals surface area (Å²) in [6.45, 7) is 8.02. The van der Waals surface area contributed by atoms with Crippen molar-refractivity contribution in [2.45, 2.75) is 52.7 Å². The zero-order chi connectivity index (χ0) is 25.5. The standard InChI is InChI=1S/C26H34N2O6S/c1-5-10-27(21(15-26(31)32)20-13-17(2)35-18(20)3)16-19-6-7-22(23(14-19)33-4)34-12-11-28-24(29)8-9-25(28)30/h6-9,13-14,21,29-30H,5,10-12,15-16H2,1-4H3,(H,31,32). The van der Waals surface area contributed by atoms with E-state index >= 15 is 0 Å². The Morgan fingerprint density at radius 3 is 2.40 bits per heavy atom. The maximum absolute atomic E-state index is 11.7. The molecule has 0 bridgehead atoms. The van der Waals surface area contributed by atoms with Gasteiger partial charge >= 0.3 is 5.97 Å². The van der Waals surface area contributed by atoms with Gasteiger partial charge < -0.3 is 24.8 Å². The van der Waals surface area contributed by atoms with Crippen LogP contribution in [0.3, 0.4) is 0 Å². The lowest BCUT2D eigenvalue weighted by Gasteiger charge is -2.31. The van der Waals surface area contributed by atoms with E-state index in [9.17, 15) is 20.1 Å². The zero-order valence-electron chi connectivity index (χ0n) is 20.7. The highest BCUT2D eigenvalue weighted by molar-refractivity contribution is 7.12. The Labute approximate surface area is 210 Å². The molecule has 8 nitrogen and oxygen atoms in total. The lowest BCUT2D eigenvalue weighted by atomic mass is 10.0. The van der Waals surface area contributed by atoms with Gasteiger partial charge in [0.2, 0.25) is 0 Å². The smallest absolute Gasteiger partial charge is 0.305 e. The number of rotatable bonds is 13. The van der Waals surface area contributed by atoms with E-state index in [1.807, 2.05) is 32.0 Å². The van der Waals surface area contributed by atoms with Crippen molar-refractivity contribution in [2.75, 3.05) is 20.3 Å². The average Bonchev–Trinajstić information content (AvgIpc) is 3.32.